The van der Waals surface area contributed by atoms with Crippen LogP contribution in [0, 0.1) is 0 Å². The highest BCUT2D eigenvalue weighted by atomic mass is 16.4. The van der Waals surface area contributed by atoms with Crippen molar-refractivity contribution in [3.8, 4) is 0 Å². The van der Waals surface area contributed by atoms with Crippen molar-refractivity contribution >= 4 is 23.9 Å². The molecule has 8 nitrogen and oxygen atoms in total. The SMILES string of the molecule is C=CC(=O)O.C=CC(=O)O.O=C(O)c1ccc(C(=O)O)cc1. The summed E-state index contributed by atoms with van der Waals surface area (Å²) in [6.07, 6.45) is 1.67. The fraction of sp³-hybridized carbons (Fsp3) is 0. The Kier molecular flexibility index (Phi) is 10.8. The number of carboxylic acid groups (broad SMARTS) is 4. The van der Waals surface area contributed by atoms with Gasteiger partial charge < -0.3 is 20.4 Å². The van der Waals surface area contributed by atoms with Gasteiger partial charge in [0.25, 0.3) is 0 Å². The Morgan fingerprint density at radius 2 is 0.864 bits per heavy atom. The average molecular weight is 310 g/mol. The molecule has 118 valence electrons. The topological polar surface area (TPSA) is 149 Å². The van der Waals surface area contributed by atoms with Crippen molar-refractivity contribution in [3.63, 3.8) is 0 Å². The molecule has 0 heterocycles. The normalized spacial score (nSPS) is 8.00. The molecule has 0 saturated heterocycles. The van der Waals surface area contributed by atoms with E-state index >= 15 is 0 Å². The van der Waals surface area contributed by atoms with Crippen LogP contribution in [0.25, 0.3) is 0 Å². The molecular weight excluding hydrogens is 296 g/mol. The Balaban J connectivity index is 0. The fourth-order valence-electron chi connectivity index (χ4n) is 0.755. The number of carboxylic acids is 4. The van der Waals surface area contributed by atoms with Gasteiger partial charge >= 0.3 is 23.9 Å². The first-order valence-corrected chi connectivity index (χ1v) is 5.43. The van der Waals surface area contributed by atoms with E-state index in [2.05, 4.69) is 13.2 Å². The van der Waals surface area contributed by atoms with Crippen LogP contribution in [0.15, 0.2) is 49.6 Å². The third kappa shape index (κ3) is 11.7. The Bertz CT molecular complexity index is 506. The van der Waals surface area contributed by atoms with E-state index < -0.39 is 23.9 Å². The Labute approximate surface area is 125 Å². The van der Waals surface area contributed by atoms with Crippen LogP contribution in [-0.4, -0.2) is 44.3 Å². The van der Waals surface area contributed by atoms with Crippen molar-refractivity contribution < 1.29 is 39.6 Å². The van der Waals surface area contributed by atoms with Gasteiger partial charge in [-0.2, -0.15) is 0 Å². The lowest BCUT2D eigenvalue weighted by Crippen LogP contribution is -1.99. The first-order chi connectivity index (χ1) is 10.1. The van der Waals surface area contributed by atoms with Crippen molar-refractivity contribution in [2.45, 2.75) is 0 Å². The number of rotatable bonds is 4. The quantitative estimate of drug-likeness (QED) is 0.612. The highest BCUT2D eigenvalue weighted by molar-refractivity contribution is 5.91. The maximum absolute atomic E-state index is 10.3. The van der Waals surface area contributed by atoms with E-state index in [9.17, 15) is 19.2 Å². The first-order valence-electron chi connectivity index (χ1n) is 5.43. The summed E-state index contributed by atoms with van der Waals surface area (Å²) in [5.41, 5.74) is 0.167. The summed E-state index contributed by atoms with van der Waals surface area (Å²) in [4.78, 5) is 39.2. The standard InChI is InChI=1S/C8H6O4.2C3H4O2/c9-7(10)5-1-2-6(4-3-5)8(11)12;2*1-2-3(4)5/h1-4H,(H,9,10)(H,11,12);2*2H,1H2,(H,4,5). The van der Waals surface area contributed by atoms with Gasteiger partial charge in [-0.3, -0.25) is 0 Å². The largest absolute Gasteiger partial charge is 0.478 e. The second kappa shape index (κ2) is 11.4. The summed E-state index contributed by atoms with van der Waals surface area (Å²) >= 11 is 0. The van der Waals surface area contributed by atoms with Crippen LogP contribution in [0.2, 0.25) is 0 Å². The fourth-order valence-corrected chi connectivity index (χ4v) is 0.755. The molecule has 1 aromatic carbocycles. The lowest BCUT2D eigenvalue weighted by Gasteiger charge is -1.94. The Morgan fingerprint density at radius 1 is 0.682 bits per heavy atom. The smallest absolute Gasteiger partial charge is 0.335 e. The molecule has 0 atom stereocenters. The van der Waals surface area contributed by atoms with E-state index in [0.29, 0.717) is 0 Å². The molecule has 8 heteroatoms. The summed E-state index contributed by atoms with van der Waals surface area (Å²) < 4.78 is 0. The number of benzene rings is 1. The number of aliphatic carboxylic acids is 2. The molecule has 0 bridgehead atoms. The van der Waals surface area contributed by atoms with E-state index in [1.165, 1.54) is 24.3 Å². The third-order valence-corrected chi connectivity index (χ3v) is 1.73. The predicted octanol–water partition coefficient (Wildman–Crippen LogP) is 1.60. The molecule has 0 unspecified atom stereocenters. The first kappa shape index (κ1) is 20.9. The molecule has 1 aromatic rings. The monoisotopic (exact) mass is 310 g/mol. The van der Waals surface area contributed by atoms with Gasteiger partial charge in [0.05, 0.1) is 11.1 Å². The van der Waals surface area contributed by atoms with E-state index in [1.807, 2.05) is 0 Å². The number of hydrogen-bond acceptors (Lipinski definition) is 4. The van der Waals surface area contributed by atoms with E-state index in [4.69, 9.17) is 20.4 Å². The zero-order valence-electron chi connectivity index (χ0n) is 11.3. The van der Waals surface area contributed by atoms with Gasteiger partial charge in [0, 0.05) is 12.2 Å². The molecule has 22 heavy (non-hydrogen) atoms. The average Bonchev–Trinajstić information content (AvgIpc) is 2.48. The van der Waals surface area contributed by atoms with Crippen molar-refractivity contribution in [1.82, 2.24) is 0 Å². The van der Waals surface area contributed by atoms with Crippen molar-refractivity contribution in [2.24, 2.45) is 0 Å². The molecule has 0 spiro atoms. The molecule has 0 saturated carbocycles. The minimum absolute atomic E-state index is 0.0833. The lowest BCUT2D eigenvalue weighted by atomic mass is 10.1. The van der Waals surface area contributed by atoms with Crippen LogP contribution in [0.4, 0.5) is 0 Å². The molecule has 0 aliphatic carbocycles. The summed E-state index contributed by atoms with van der Waals surface area (Å²) in [5, 5.41) is 32.1. The molecule has 0 aliphatic heterocycles. The maximum Gasteiger partial charge on any atom is 0.335 e. The summed E-state index contributed by atoms with van der Waals surface area (Å²) in [5.74, 6) is -4.09. The van der Waals surface area contributed by atoms with Crippen LogP contribution in [0.1, 0.15) is 20.7 Å². The molecule has 0 aromatic heterocycles. The van der Waals surface area contributed by atoms with Crippen LogP contribution >= 0.6 is 0 Å². The molecule has 0 aliphatic rings. The molecule has 0 amide bonds. The van der Waals surface area contributed by atoms with Gasteiger partial charge in [-0.25, -0.2) is 19.2 Å². The van der Waals surface area contributed by atoms with Gasteiger partial charge in [0.15, 0.2) is 0 Å². The van der Waals surface area contributed by atoms with Gasteiger partial charge in [-0.05, 0) is 24.3 Å². The van der Waals surface area contributed by atoms with Crippen LogP contribution < -0.4 is 0 Å². The molecule has 4 N–H and O–H groups in total. The number of aromatic carboxylic acids is 2. The number of hydrogen-bond donors (Lipinski definition) is 4. The molecule has 1 rings (SSSR count). The van der Waals surface area contributed by atoms with Gasteiger partial charge in [-0.1, -0.05) is 13.2 Å². The van der Waals surface area contributed by atoms with Crippen molar-refractivity contribution in [3.05, 3.63) is 60.7 Å². The Hall–Kier alpha value is -3.42. The van der Waals surface area contributed by atoms with Gasteiger partial charge in [0.1, 0.15) is 0 Å². The van der Waals surface area contributed by atoms with Crippen LogP contribution in [0.5, 0.6) is 0 Å². The highest BCUT2D eigenvalue weighted by Crippen LogP contribution is 2.03. The van der Waals surface area contributed by atoms with Crippen molar-refractivity contribution in [1.29, 1.82) is 0 Å². The summed E-state index contributed by atoms with van der Waals surface area (Å²) in [6.45, 7) is 5.92. The van der Waals surface area contributed by atoms with Crippen LogP contribution in [-0.2, 0) is 9.59 Å². The maximum atomic E-state index is 10.3. The zero-order valence-corrected chi connectivity index (χ0v) is 11.3. The Morgan fingerprint density at radius 3 is 0.955 bits per heavy atom. The third-order valence-electron chi connectivity index (χ3n) is 1.73. The van der Waals surface area contributed by atoms with Gasteiger partial charge in [0.2, 0.25) is 0 Å². The highest BCUT2D eigenvalue weighted by Gasteiger charge is 2.04. The molecular formula is C14H14O8. The van der Waals surface area contributed by atoms with Gasteiger partial charge in [-0.15, -0.1) is 0 Å². The lowest BCUT2D eigenvalue weighted by molar-refractivity contribution is -0.132. The summed E-state index contributed by atoms with van der Waals surface area (Å²) in [6, 6.07) is 5.02. The second-order valence-electron chi connectivity index (χ2n) is 3.27. The number of carbonyl (C=O) groups is 4. The van der Waals surface area contributed by atoms with E-state index in [0.717, 1.165) is 12.2 Å². The predicted molar refractivity (Wildman–Crippen MR) is 76.0 cm³/mol. The second-order valence-corrected chi connectivity index (χ2v) is 3.27. The van der Waals surface area contributed by atoms with Crippen LogP contribution in [0.3, 0.4) is 0 Å². The summed E-state index contributed by atoms with van der Waals surface area (Å²) in [7, 11) is 0. The minimum atomic E-state index is -1.06. The minimum Gasteiger partial charge on any atom is -0.478 e. The van der Waals surface area contributed by atoms with E-state index in [1.54, 1.807) is 0 Å². The van der Waals surface area contributed by atoms with E-state index in [-0.39, 0.29) is 11.1 Å². The molecule has 0 radical (unpaired) electrons. The molecule has 0 fully saturated rings. The van der Waals surface area contributed by atoms with Crippen molar-refractivity contribution in [2.75, 3.05) is 0 Å². The zero-order chi connectivity index (χ0) is 17.7.